The van der Waals surface area contributed by atoms with Gasteiger partial charge in [-0.2, -0.15) is 0 Å². The van der Waals surface area contributed by atoms with Gasteiger partial charge in [-0.1, -0.05) is 70.6 Å². The minimum atomic E-state index is -5.93. The van der Waals surface area contributed by atoms with E-state index in [-0.39, 0.29) is 60.2 Å². The van der Waals surface area contributed by atoms with Crippen LogP contribution >= 0.6 is 35.2 Å². The normalized spacial score (nSPS) is 25.4. The first-order valence-electron chi connectivity index (χ1n) is 23.3. The lowest BCUT2D eigenvalue weighted by Gasteiger charge is -2.36. The summed E-state index contributed by atoms with van der Waals surface area (Å²) in [6, 6.07) is 0. The third-order valence-electron chi connectivity index (χ3n) is 11.5. The van der Waals surface area contributed by atoms with Crippen LogP contribution in [0.25, 0.3) is 11.2 Å². The Morgan fingerprint density at radius 1 is 0.917 bits per heavy atom. The van der Waals surface area contributed by atoms with Gasteiger partial charge in [0, 0.05) is 43.5 Å². The summed E-state index contributed by atoms with van der Waals surface area (Å²) in [4.78, 5) is 97.0. The number of nitrogens with one attached hydrogen (secondary N) is 2. The molecular weight excluding hydrogens is 1040 g/mol. The molecule has 2 amide bonds. The van der Waals surface area contributed by atoms with Crippen molar-refractivity contribution in [1.82, 2.24) is 30.2 Å². The predicted molar refractivity (Wildman–Crippen MR) is 246 cm³/mol. The standard InChI is InChI=1S/C40H70N7O21P3S/c1-24(64-39-27(49)19-26(48)25(2)65-39)13-11-9-7-5-6-8-10-12-14-30(51)72-18-17-42-29(50)15-16-43-37(54)34(53)40(3,4)21-63-71(60,61)68-70(58,59)62-20-28-33(67-69(55,56)57)32(52)38(66-28)47-23-46-31-35(41)44-22-45-36(31)47/h22-28,32-34,38-39,48-49,52-53H,5-21H2,1-4H3,(H,42,50)(H,43,54)(H,58,59)(H,60,61)(H2,41,44,45)(H2,55,56,57)/p-4/t24-,25+,26-,27-,28-,32-,33-,34+,38-,39-/m1/s1. The molecule has 0 spiro atoms. The molecule has 0 aromatic carbocycles. The third-order valence-corrected chi connectivity index (χ3v) is 15.5. The first-order chi connectivity index (χ1) is 33.7. The molecule has 412 valence electrons. The van der Waals surface area contributed by atoms with E-state index in [0.717, 1.165) is 86.8 Å². The molecule has 0 radical (unpaired) electrons. The SMILES string of the molecule is C[C@H](CCCCCCCCCCC(=O)SCCNC(=O)CCNC(=O)[C@H](O)C(C)(C)COP(=O)([O-])OP(=O)([O-])OC[C@H]1O[C@@H](n2cnc3c(N)ncnc32)[C@H](O)[C@@H]1OP(=O)([O-])[O-])O[C@@H]1O[C@@H](C)[C@H](O)C[C@H]1O. The van der Waals surface area contributed by atoms with E-state index < -0.39 is 103 Å². The lowest BCUT2D eigenvalue weighted by atomic mass is 9.87. The maximum absolute atomic E-state index is 12.7. The van der Waals surface area contributed by atoms with Gasteiger partial charge < -0.3 is 88.7 Å². The van der Waals surface area contributed by atoms with Crippen LogP contribution in [0.5, 0.6) is 0 Å². The average Bonchev–Trinajstić information content (AvgIpc) is 3.85. The summed E-state index contributed by atoms with van der Waals surface area (Å²) in [5, 5.41) is 46.3. The van der Waals surface area contributed by atoms with E-state index in [1.165, 1.54) is 13.8 Å². The van der Waals surface area contributed by atoms with E-state index in [0.29, 0.717) is 12.2 Å². The maximum Gasteiger partial charge on any atom is 0.274 e. The molecule has 2 saturated heterocycles. The summed E-state index contributed by atoms with van der Waals surface area (Å²) in [7, 11) is -17.6. The fourth-order valence-corrected chi connectivity index (χ4v) is 10.9. The van der Waals surface area contributed by atoms with Crippen molar-refractivity contribution in [2.45, 2.75) is 166 Å². The number of carbonyl (C=O) groups excluding carboxylic acids is 3. The van der Waals surface area contributed by atoms with E-state index in [2.05, 4.69) is 43.5 Å². The van der Waals surface area contributed by atoms with Gasteiger partial charge in [-0.15, -0.1) is 0 Å². The van der Waals surface area contributed by atoms with Crippen LogP contribution in [0.4, 0.5) is 5.82 Å². The lowest BCUT2D eigenvalue weighted by molar-refractivity contribution is -0.347. The number of nitrogens with zero attached hydrogens (tertiary/aromatic N) is 4. The Bertz CT molecular complexity index is 2210. The van der Waals surface area contributed by atoms with E-state index in [1.807, 2.05) is 6.92 Å². The number of nitrogen functional groups attached to an aromatic ring is 1. The number of carbonyl (C=O) groups is 3. The molecule has 28 nitrogen and oxygen atoms in total. The fourth-order valence-electron chi connectivity index (χ4n) is 7.47. The molecule has 0 saturated carbocycles. The number of phosphoric acid groups is 3. The van der Waals surface area contributed by atoms with Gasteiger partial charge >= 0.3 is 0 Å². The second kappa shape index (κ2) is 28.5. The number of aliphatic hydroxyl groups is 4. The quantitative estimate of drug-likeness (QED) is 0.0352. The topological polar surface area (TPSA) is 434 Å². The summed E-state index contributed by atoms with van der Waals surface area (Å²) < 4.78 is 72.3. The molecule has 2 aromatic rings. The number of hydrogen-bond acceptors (Lipinski definition) is 26. The van der Waals surface area contributed by atoms with Gasteiger partial charge in [0.2, 0.25) is 11.8 Å². The summed E-state index contributed by atoms with van der Waals surface area (Å²) in [5.74, 6) is -1.22. The van der Waals surface area contributed by atoms with Crippen molar-refractivity contribution >= 4 is 69.1 Å². The molecule has 0 bridgehead atoms. The molecule has 2 unspecified atom stereocenters. The van der Waals surface area contributed by atoms with Crippen LogP contribution in [0.15, 0.2) is 12.7 Å². The third kappa shape index (κ3) is 20.5. The molecule has 2 aliphatic heterocycles. The van der Waals surface area contributed by atoms with Crippen LogP contribution in [-0.4, -0.2) is 144 Å². The van der Waals surface area contributed by atoms with Gasteiger partial charge in [-0.25, -0.2) is 19.3 Å². The molecule has 4 rings (SSSR count). The molecule has 12 atom stereocenters. The van der Waals surface area contributed by atoms with Crippen molar-refractivity contribution in [2.24, 2.45) is 5.41 Å². The van der Waals surface area contributed by atoms with E-state index >= 15 is 0 Å². The summed E-state index contributed by atoms with van der Waals surface area (Å²) >= 11 is 1.11. The Hall–Kier alpha value is -2.60. The zero-order chi connectivity index (χ0) is 53.4. The Labute approximate surface area is 420 Å². The molecule has 2 fully saturated rings. The highest BCUT2D eigenvalue weighted by atomic mass is 32.2. The summed E-state index contributed by atoms with van der Waals surface area (Å²) in [6.45, 7) is 3.78. The largest absolute Gasteiger partial charge is 0.790 e. The van der Waals surface area contributed by atoms with Crippen LogP contribution in [0, 0.1) is 5.41 Å². The number of rotatable bonds is 32. The number of phosphoric ester groups is 3. The van der Waals surface area contributed by atoms with Crippen molar-refractivity contribution in [3.63, 3.8) is 0 Å². The molecule has 4 heterocycles. The molecule has 72 heavy (non-hydrogen) atoms. The fraction of sp³-hybridized carbons (Fsp3) is 0.800. The second-order valence-electron chi connectivity index (χ2n) is 18.1. The molecule has 8 N–H and O–H groups in total. The van der Waals surface area contributed by atoms with Gasteiger partial charge in [0.1, 0.15) is 42.4 Å². The molecular formula is C40H66N7O21P3S-4. The first-order valence-corrected chi connectivity index (χ1v) is 28.7. The van der Waals surface area contributed by atoms with Gasteiger partial charge in [0.15, 0.2) is 29.1 Å². The highest BCUT2D eigenvalue weighted by Crippen LogP contribution is 2.56. The number of aromatic nitrogens is 4. The van der Waals surface area contributed by atoms with Gasteiger partial charge in [-0.05, 0) is 26.7 Å². The number of aliphatic hydroxyl groups excluding tert-OH is 4. The van der Waals surface area contributed by atoms with Crippen molar-refractivity contribution < 1.29 is 100 Å². The smallest absolute Gasteiger partial charge is 0.274 e. The number of nitrogens with two attached hydrogens (primary N) is 1. The maximum atomic E-state index is 12.7. The Balaban J connectivity index is 1.04. The number of ether oxygens (including phenoxy) is 3. The minimum absolute atomic E-state index is 0.0120. The van der Waals surface area contributed by atoms with Crippen LogP contribution in [-0.2, 0) is 60.2 Å². The highest BCUT2D eigenvalue weighted by Gasteiger charge is 2.47. The number of imidazole rings is 1. The lowest BCUT2D eigenvalue weighted by Crippen LogP contribution is -2.48. The summed E-state index contributed by atoms with van der Waals surface area (Å²) in [5.41, 5.74) is 4.06. The zero-order valence-electron chi connectivity index (χ0n) is 40.3. The van der Waals surface area contributed by atoms with Crippen LogP contribution in [0.2, 0.25) is 0 Å². The van der Waals surface area contributed by atoms with Crippen molar-refractivity contribution in [3.8, 4) is 0 Å². The van der Waals surface area contributed by atoms with E-state index in [9.17, 15) is 68.1 Å². The first kappa shape index (κ1) is 61.9. The number of fused-ring (bicyclic) bond motifs is 1. The molecule has 0 aliphatic carbocycles. The van der Waals surface area contributed by atoms with Crippen molar-refractivity contribution in [3.05, 3.63) is 12.7 Å². The second-order valence-corrected chi connectivity index (χ2v) is 23.3. The van der Waals surface area contributed by atoms with Crippen molar-refractivity contribution in [1.29, 1.82) is 0 Å². The minimum Gasteiger partial charge on any atom is -0.790 e. The van der Waals surface area contributed by atoms with E-state index in [1.54, 1.807) is 6.92 Å². The van der Waals surface area contributed by atoms with Gasteiger partial charge in [0.25, 0.3) is 15.6 Å². The van der Waals surface area contributed by atoms with Crippen LogP contribution < -0.4 is 35.9 Å². The monoisotopic (exact) mass is 1110 g/mol. The average molecular weight is 1110 g/mol. The van der Waals surface area contributed by atoms with Crippen LogP contribution in [0.3, 0.4) is 0 Å². The number of thioether (sulfide) groups is 1. The van der Waals surface area contributed by atoms with Gasteiger partial charge in [0.05, 0.1) is 45.7 Å². The molecule has 2 aliphatic rings. The van der Waals surface area contributed by atoms with E-state index in [4.69, 9.17) is 19.9 Å². The Kier molecular flexibility index (Phi) is 24.5. The molecule has 2 aromatic heterocycles. The Morgan fingerprint density at radius 2 is 1.57 bits per heavy atom. The number of unbranched alkanes of at least 4 members (excludes halogenated alkanes) is 7. The Morgan fingerprint density at radius 3 is 2.25 bits per heavy atom. The highest BCUT2D eigenvalue weighted by molar-refractivity contribution is 8.13. The predicted octanol–water partition coefficient (Wildman–Crippen LogP) is -0.700. The zero-order valence-corrected chi connectivity index (χ0v) is 43.8. The van der Waals surface area contributed by atoms with Crippen LogP contribution in [0.1, 0.15) is 111 Å². The molecule has 32 heteroatoms. The summed E-state index contributed by atoms with van der Waals surface area (Å²) in [6.07, 6.45) is -0.846. The number of amides is 2. The van der Waals surface area contributed by atoms with Gasteiger partial charge in [-0.3, -0.25) is 28.1 Å². The van der Waals surface area contributed by atoms with Crippen molar-refractivity contribution in [2.75, 3.05) is 37.8 Å². The number of hydrogen-bond donors (Lipinski definition) is 7. The number of anilines is 1.